The predicted octanol–water partition coefficient (Wildman–Crippen LogP) is 0.301. The van der Waals surface area contributed by atoms with Crippen molar-refractivity contribution in [3.8, 4) is 0 Å². The Balaban J connectivity index is 2.09. The van der Waals surface area contributed by atoms with Crippen molar-refractivity contribution in [3.63, 3.8) is 0 Å². The number of piperidine rings is 1. The Bertz CT molecular complexity index is 541. The van der Waals surface area contributed by atoms with Crippen molar-refractivity contribution in [1.29, 1.82) is 0 Å². The van der Waals surface area contributed by atoms with E-state index in [1.807, 2.05) is 0 Å². The van der Waals surface area contributed by atoms with Crippen LogP contribution in [-0.4, -0.2) is 61.1 Å². The Hall–Kier alpha value is -1.31. The first-order valence-corrected chi connectivity index (χ1v) is 8.71. The molecule has 2 amide bonds. The summed E-state index contributed by atoms with van der Waals surface area (Å²) >= 11 is 0. The summed E-state index contributed by atoms with van der Waals surface area (Å²) in [6.07, 6.45) is -0.216. The van der Waals surface area contributed by atoms with E-state index in [0.717, 1.165) is 0 Å². The Morgan fingerprint density at radius 3 is 2.33 bits per heavy atom. The highest BCUT2D eigenvalue weighted by Crippen LogP contribution is 2.34. The number of carbonyl (C=O) groups is 2. The third-order valence-electron chi connectivity index (χ3n) is 3.89. The van der Waals surface area contributed by atoms with E-state index >= 15 is 0 Å². The Morgan fingerprint density at radius 1 is 1.29 bits per heavy atom. The second-order valence-electron chi connectivity index (χ2n) is 6.54. The van der Waals surface area contributed by atoms with E-state index in [-0.39, 0.29) is 38.2 Å². The second-order valence-corrected chi connectivity index (χ2v) is 8.96. The smallest absolute Gasteiger partial charge is 0.410 e. The van der Waals surface area contributed by atoms with Gasteiger partial charge in [-0.3, -0.25) is 4.79 Å². The van der Waals surface area contributed by atoms with E-state index in [1.165, 1.54) is 4.90 Å². The predicted molar refractivity (Wildman–Crippen MR) is 76.6 cm³/mol. The van der Waals surface area contributed by atoms with Gasteiger partial charge in [-0.2, -0.15) is 0 Å². The van der Waals surface area contributed by atoms with Crippen LogP contribution in [-0.2, 0) is 19.4 Å². The number of ether oxygens (including phenoxy) is 1. The molecule has 0 unspecified atom stereocenters. The fourth-order valence-corrected chi connectivity index (χ4v) is 4.63. The molecule has 0 aromatic carbocycles. The van der Waals surface area contributed by atoms with Crippen molar-refractivity contribution in [2.75, 3.05) is 25.4 Å². The number of amides is 2. The van der Waals surface area contributed by atoms with Gasteiger partial charge in [-0.25, -0.2) is 13.2 Å². The molecule has 2 rings (SSSR count). The van der Waals surface area contributed by atoms with Gasteiger partial charge >= 0.3 is 6.09 Å². The molecule has 2 aliphatic rings. The molecule has 21 heavy (non-hydrogen) atoms. The molecule has 0 aromatic rings. The van der Waals surface area contributed by atoms with Gasteiger partial charge in [0.1, 0.15) is 5.60 Å². The van der Waals surface area contributed by atoms with E-state index in [1.54, 1.807) is 20.8 Å². The third kappa shape index (κ3) is 3.00. The summed E-state index contributed by atoms with van der Waals surface area (Å²) in [6.45, 7) is 5.90. The Kier molecular flexibility index (Phi) is 3.94. The van der Waals surface area contributed by atoms with E-state index in [4.69, 9.17) is 4.74 Å². The summed E-state index contributed by atoms with van der Waals surface area (Å²) in [6, 6.07) is 0. The lowest BCUT2D eigenvalue weighted by atomic mass is 9.94. The first kappa shape index (κ1) is 16.1. The average Bonchev–Trinajstić information content (AvgIpc) is 2.34. The number of likely N-dealkylation sites (tertiary alicyclic amines) is 1. The molecule has 2 saturated heterocycles. The molecule has 7 nitrogen and oxygen atoms in total. The monoisotopic (exact) mass is 318 g/mol. The van der Waals surface area contributed by atoms with Crippen LogP contribution in [0.1, 0.15) is 33.6 Å². The molecular formula is C13H22N2O5S. The van der Waals surface area contributed by atoms with Crippen LogP contribution < -0.4 is 5.32 Å². The van der Waals surface area contributed by atoms with Crippen molar-refractivity contribution >= 4 is 21.8 Å². The first-order valence-electron chi connectivity index (χ1n) is 7.06. The van der Waals surface area contributed by atoms with Gasteiger partial charge in [0.15, 0.2) is 14.6 Å². The highest BCUT2D eigenvalue weighted by atomic mass is 32.2. The SMILES string of the molecule is CC(C)(C)OC(=O)N1CCC2(CC1)C(=O)NCCS2(=O)=O. The number of rotatable bonds is 0. The summed E-state index contributed by atoms with van der Waals surface area (Å²) in [7, 11) is -3.47. The van der Waals surface area contributed by atoms with Gasteiger partial charge in [0.2, 0.25) is 5.91 Å². The number of hydrogen-bond donors (Lipinski definition) is 1. The minimum atomic E-state index is -3.47. The highest BCUT2D eigenvalue weighted by molar-refractivity contribution is 7.93. The maximum absolute atomic E-state index is 12.3. The van der Waals surface area contributed by atoms with E-state index in [2.05, 4.69) is 5.32 Å². The number of nitrogens with one attached hydrogen (secondary N) is 1. The van der Waals surface area contributed by atoms with Gasteiger partial charge in [-0.15, -0.1) is 0 Å². The fraction of sp³-hybridized carbons (Fsp3) is 0.846. The number of sulfone groups is 1. The molecular weight excluding hydrogens is 296 g/mol. The first-order chi connectivity index (χ1) is 9.57. The van der Waals surface area contributed by atoms with Crippen molar-refractivity contribution in [1.82, 2.24) is 10.2 Å². The van der Waals surface area contributed by atoms with Crippen molar-refractivity contribution < 1.29 is 22.7 Å². The van der Waals surface area contributed by atoms with Crippen LogP contribution in [0.15, 0.2) is 0 Å². The minimum Gasteiger partial charge on any atom is -0.444 e. The topological polar surface area (TPSA) is 92.8 Å². The zero-order valence-corrected chi connectivity index (χ0v) is 13.5. The lowest BCUT2D eigenvalue weighted by molar-refractivity contribution is -0.125. The maximum atomic E-state index is 12.3. The fourth-order valence-electron chi connectivity index (χ4n) is 2.71. The minimum absolute atomic E-state index is 0.0365. The Morgan fingerprint density at radius 2 is 1.86 bits per heavy atom. The third-order valence-corrected chi connectivity index (χ3v) is 6.41. The van der Waals surface area contributed by atoms with E-state index in [9.17, 15) is 18.0 Å². The summed E-state index contributed by atoms with van der Waals surface area (Å²) in [5, 5.41) is 2.63. The quantitative estimate of drug-likeness (QED) is 0.693. The lowest BCUT2D eigenvalue weighted by Crippen LogP contribution is -2.63. The zero-order chi connectivity index (χ0) is 15.9. The molecule has 1 N–H and O–H groups in total. The lowest BCUT2D eigenvalue weighted by Gasteiger charge is -2.42. The number of hydrogen-bond acceptors (Lipinski definition) is 5. The van der Waals surface area contributed by atoms with Crippen molar-refractivity contribution in [3.05, 3.63) is 0 Å². The van der Waals surface area contributed by atoms with Crippen LogP contribution in [0.5, 0.6) is 0 Å². The molecule has 2 heterocycles. The molecule has 2 fully saturated rings. The van der Waals surface area contributed by atoms with E-state index < -0.39 is 32.2 Å². The molecule has 2 aliphatic heterocycles. The molecule has 120 valence electrons. The zero-order valence-electron chi connectivity index (χ0n) is 12.6. The maximum Gasteiger partial charge on any atom is 0.410 e. The van der Waals surface area contributed by atoms with Gasteiger partial charge in [0.25, 0.3) is 0 Å². The standard InChI is InChI=1S/C13H22N2O5S/c1-12(2,3)20-11(17)15-7-4-13(5-8-15)10(16)14-6-9-21(13,18)19/h4-9H2,1-3H3,(H,14,16). The molecule has 0 aliphatic carbocycles. The van der Waals surface area contributed by atoms with Gasteiger partial charge in [-0.1, -0.05) is 0 Å². The van der Waals surface area contributed by atoms with Gasteiger partial charge in [0.05, 0.1) is 5.75 Å². The Labute approximate surface area is 124 Å². The van der Waals surface area contributed by atoms with Gasteiger partial charge in [-0.05, 0) is 33.6 Å². The van der Waals surface area contributed by atoms with Crippen LogP contribution >= 0.6 is 0 Å². The van der Waals surface area contributed by atoms with Crippen molar-refractivity contribution in [2.24, 2.45) is 0 Å². The van der Waals surface area contributed by atoms with Gasteiger partial charge < -0.3 is 15.0 Å². The molecule has 1 spiro atoms. The van der Waals surface area contributed by atoms with Crippen LogP contribution in [0.2, 0.25) is 0 Å². The van der Waals surface area contributed by atoms with Crippen LogP contribution in [0.3, 0.4) is 0 Å². The molecule has 0 atom stereocenters. The highest BCUT2D eigenvalue weighted by Gasteiger charge is 2.54. The van der Waals surface area contributed by atoms with E-state index in [0.29, 0.717) is 0 Å². The average molecular weight is 318 g/mol. The van der Waals surface area contributed by atoms with Crippen LogP contribution in [0, 0.1) is 0 Å². The molecule has 8 heteroatoms. The summed E-state index contributed by atoms with van der Waals surface area (Å²) in [5.41, 5.74) is -0.597. The summed E-state index contributed by atoms with van der Waals surface area (Å²) < 4.78 is 28.5. The largest absolute Gasteiger partial charge is 0.444 e. The second kappa shape index (κ2) is 5.15. The van der Waals surface area contributed by atoms with Gasteiger partial charge in [0, 0.05) is 19.6 Å². The van der Waals surface area contributed by atoms with Crippen LogP contribution in [0.4, 0.5) is 4.79 Å². The normalized spacial score (nSPS) is 24.5. The molecule has 0 saturated carbocycles. The van der Waals surface area contributed by atoms with Crippen LogP contribution in [0.25, 0.3) is 0 Å². The summed E-state index contributed by atoms with van der Waals surface area (Å²) in [5.74, 6) is -0.469. The number of nitrogens with zero attached hydrogens (tertiary/aromatic N) is 1. The molecule has 0 bridgehead atoms. The molecule has 0 radical (unpaired) electrons. The van der Waals surface area contributed by atoms with Crippen molar-refractivity contribution in [2.45, 2.75) is 44.0 Å². The summed E-state index contributed by atoms with van der Waals surface area (Å²) in [4.78, 5) is 25.5. The molecule has 0 aromatic heterocycles. The number of carbonyl (C=O) groups excluding carboxylic acids is 2.